The van der Waals surface area contributed by atoms with Gasteiger partial charge in [0.25, 0.3) is 0 Å². The standard InChI is InChI=1S/C81H150O5/c1-3-5-7-9-11-13-15-17-19-21-23-25-27-29-31-33-35-36-37-38-39-40-41-42-43-44-46-47-49-51-53-55-57-59-61-63-65-67-69-71-73-75-80(83)85-78-79(77-82)86-81(84)76-74-72-70-68-66-64-62-60-58-56-54-52-50-48-45-34-32-30-28-26-24-22-20-18-16-14-12-10-8-6-4-2/h6,8,12,14,18,20,24,26,30,32,79,82H,3-5,7,9-11,13,15-17,19,21-23,25,27-29,31,33-78H2,1-2H3/b8-6-,14-12-,20-18-,26-24-,32-30-. The summed E-state index contributed by atoms with van der Waals surface area (Å²) in [6, 6.07) is 0. The molecule has 86 heavy (non-hydrogen) atoms. The molecule has 0 aromatic carbocycles. The monoisotopic (exact) mass is 1200 g/mol. The normalized spacial score (nSPS) is 12.5. The summed E-state index contributed by atoms with van der Waals surface area (Å²) in [5, 5.41) is 9.72. The minimum absolute atomic E-state index is 0.0617. The van der Waals surface area contributed by atoms with Crippen LogP contribution in [0.2, 0.25) is 0 Å². The number of esters is 2. The maximum absolute atomic E-state index is 12.4. The summed E-state index contributed by atoms with van der Waals surface area (Å²) in [6.45, 7) is 4.09. The van der Waals surface area contributed by atoms with Crippen molar-refractivity contribution >= 4 is 11.9 Å². The van der Waals surface area contributed by atoms with Crippen molar-refractivity contribution in [3.05, 3.63) is 60.8 Å². The van der Waals surface area contributed by atoms with E-state index in [-0.39, 0.29) is 25.2 Å². The second-order valence-corrected chi connectivity index (χ2v) is 26.4. The molecule has 0 aliphatic carbocycles. The molecule has 0 rings (SSSR count). The molecule has 0 aliphatic heterocycles. The van der Waals surface area contributed by atoms with Crippen LogP contribution in [-0.2, 0) is 19.1 Å². The van der Waals surface area contributed by atoms with Gasteiger partial charge in [-0.1, -0.05) is 415 Å². The van der Waals surface area contributed by atoms with Gasteiger partial charge in [-0.25, -0.2) is 0 Å². The number of aliphatic hydroxyl groups is 1. The molecule has 0 bridgehead atoms. The van der Waals surface area contributed by atoms with Crippen molar-refractivity contribution in [1.29, 1.82) is 0 Å². The number of aliphatic hydroxyl groups excluding tert-OH is 1. The summed E-state index contributed by atoms with van der Waals surface area (Å²) in [7, 11) is 0. The van der Waals surface area contributed by atoms with Gasteiger partial charge >= 0.3 is 11.9 Å². The Balaban J connectivity index is 3.37. The lowest BCUT2D eigenvalue weighted by Crippen LogP contribution is -2.28. The van der Waals surface area contributed by atoms with Gasteiger partial charge in [-0.2, -0.15) is 0 Å². The van der Waals surface area contributed by atoms with Crippen LogP contribution in [0.4, 0.5) is 0 Å². The molecule has 0 radical (unpaired) electrons. The molecule has 0 saturated carbocycles. The van der Waals surface area contributed by atoms with E-state index >= 15 is 0 Å². The van der Waals surface area contributed by atoms with Crippen molar-refractivity contribution in [3.8, 4) is 0 Å². The number of hydrogen-bond acceptors (Lipinski definition) is 5. The average Bonchev–Trinajstić information content (AvgIpc) is 3.55. The van der Waals surface area contributed by atoms with Crippen LogP contribution < -0.4 is 0 Å². The largest absolute Gasteiger partial charge is 0.462 e. The van der Waals surface area contributed by atoms with Gasteiger partial charge in [-0.3, -0.25) is 9.59 Å². The molecule has 0 aromatic rings. The zero-order chi connectivity index (χ0) is 61.9. The first-order chi connectivity index (χ1) is 42.6. The molecule has 0 spiro atoms. The molecule has 0 heterocycles. The number of ether oxygens (including phenoxy) is 2. The van der Waals surface area contributed by atoms with E-state index in [1.165, 1.54) is 334 Å². The second-order valence-electron chi connectivity index (χ2n) is 26.4. The Morgan fingerprint density at radius 2 is 0.500 bits per heavy atom. The lowest BCUT2D eigenvalue weighted by Gasteiger charge is -2.15. The van der Waals surface area contributed by atoms with Gasteiger partial charge in [0, 0.05) is 12.8 Å². The highest BCUT2D eigenvalue weighted by atomic mass is 16.6. The highest BCUT2D eigenvalue weighted by molar-refractivity contribution is 5.70. The molecule has 504 valence electrons. The smallest absolute Gasteiger partial charge is 0.306 e. The van der Waals surface area contributed by atoms with E-state index in [1.807, 2.05) is 0 Å². The van der Waals surface area contributed by atoms with Crippen molar-refractivity contribution in [2.75, 3.05) is 13.2 Å². The van der Waals surface area contributed by atoms with Gasteiger partial charge in [0.15, 0.2) is 6.10 Å². The fourth-order valence-corrected chi connectivity index (χ4v) is 12.1. The fraction of sp³-hybridized carbons (Fsp3) is 0.852. The van der Waals surface area contributed by atoms with Crippen LogP contribution in [0, 0.1) is 0 Å². The van der Waals surface area contributed by atoms with Crippen molar-refractivity contribution in [3.63, 3.8) is 0 Å². The highest BCUT2D eigenvalue weighted by Crippen LogP contribution is 2.20. The van der Waals surface area contributed by atoms with Crippen LogP contribution in [0.5, 0.6) is 0 Å². The van der Waals surface area contributed by atoms with Crippen LogP contribution in [-0.4, -0.2) is 36.4 Å². The number of allylic oxidation sites excluding steroid dienone is 10. The summed E-state index contributed by atoms with van der Waals surface area (Å²) in [4.78, 5) is 24.7. The zero-order valence-electron chi connectivity index (χ0n) is 58.1. The average molecular weight is 1200 g/mol. The van der Waals surface area contributed by atoms with E-state index in [4.69, 9.17) is 9.47 Å². The van der Waals surface area contributed by atoms with E-state index in [9.17, 15) is 14.7 Å². The van der Waals surface area contributed by atoms with Crippen molar-refractivity contribution in [1.82, 2.24) is 0 Å². The van der Waals surface area contributed by atoms with E-state index in [0.717, 1.165) is 64.2 Å². The van der Waals surface area contributed by atoms with Crippen LogP contribution in [0.1, 0.15) is 425 Å². The molecule has 0 fully saturated rings. The maximum Gasteiger partial charge on any atom is 0.306 e. The highest BCUT2D eigenvalue weighted by Gasteiger charge is 2.16. The minimum atomic E-state index is -0.773. The summed E-state index contributed by atoms with van der Waals surface area (Å²) < 4.78 is 10.8. The van der Waals surface area contributed by atoms with E-state index in [1.54, 1.807) is 0 Å². The SMILES string of the molecule is CC/C=C\C/C=C\C/C=C\C/C=C\C/C=C\CCCCCCCCCCCCCCCCCC(=O)OC(CO)COC(=O)CCCCCCCCCCCCCCCCCCCCCCCCCCCCCCCCCCCCCCCCCCC. The lowest BCUT2D eigenvalue weighted by molar-refractivity contribution is -0.161. The van der Waals surface area contributed by atoms with E-state index in [0.29, 0.717) is 12.8 Å². The topological polar surface area (TPSA) is 72.8 Å². The molecule has 5 nitrogen and oxygen atoms in total. The molecule has 1 N–H and O–H groups in total. The van der Waals surface area contributed by atoms with Gasteiger partial charge < -0.3 is 14.6 Å². The quantitative estimate of drug-likeness (QED) is 0.0373. The molecular weight excluding hydrogens is 1050 g/mol. The van der Waals surface area contributed by atoms with Crippen LogP contribution in [0.3, 0.4) is 0 Å². The molecule has 1 unspecified atom stereocenters. The first-order valence-corrected chi connectivity index (χ1v) is 38.8. The van der Waals surface area contributed by atoms with E-state index in [2.05, 4.69) is 74.6 Å². The molecular formula is C81H150O5. The molecule has 0 saturated heterocycles. The van der Waals surface area contributed by atoms with Crippen molar-refractivity contribution in [2.45, 2.75) is 431 Å². The molecule has 1 atom stereocenters. The predicted molar refractivity (Wildman–Crippen MR) is 380 cm³/mol. The second kappa shape index (κ2) is 76.8. The van der Waals surface area contributed by atoms with Crippen molar-refractivity contribution < 1.29 is 24.2 Å². The van der Waals surface area contributed by atoms with Crippen LogP contribution in [0.15, 0.2) is 60.8 Å². The first-order valence-electron chi connectivity index (χ1n) is 38.8. The molecule has 5 heteroatoms. The van der Waals surface area contributed by atoms with Gasteiger partial charge in [0.1, 0.15) is 6.61 Å². The van der Waals surface area contributed by atoms with Gasteiger partial charge in [0.05, 0.1) is 6.61 Å². The van der Waals surface area contributed by atoms with Crippen LogP contribution in [0.25, 0.3) is 0 Å². The summed E-state index contributed by atoms with van der Waals surface area (Å²) >= 11 is 0. The van der Waals surface area contributed by atoms with Gasteiger partial charge in [0.2, 0.25) is 0 Å². The summed E-state index contributed by atoms with van der Waals surface area (Å²) in [6.07, 6.45) is 106. The maximum atomic E-state index is 12.4. The molecule has 0 aliphatic rings. The Hall–Kier alpha value is -2.40. The number of unbranched alkanes of at least 4 members (excludes halogenated alkanes) is 55. The van der Waals surface area contributed by atoms with Crippen molar-refractivity contribution in [2.24, 2.45) is 0 Å². The van der Waals surface area contributed by atoms with Gasteiger partial charge in [-0.15, -0.1) is 0 Å². The Morgan fingerprint density at radius 1 is 0.279 bits per heavy atom. The number of hydrogen-bond donors (Lipinski definition) is 1. The zero-order valence-corrected chi connectivity index (χ0v) is 58.1. The minimum Gasteiger partial charge on any atom is -0.462 e. The third kappa shape index (κ3) is 74.1. The number of rotatable bonds is 73. The number of carbonyl (C=O) groups is 2. The molecule has 0 aromatic heterocycles. The Bertz CT molecular complexity index is 1460. The Labute approximate surface area is 538 Å². The summed E-state index contributed by atoms with van der Waals surface area (Å²) in [5.41, 5.74) is 0. The third-order valence-corrected chi connectivity index (χ3v) is 17.8. The number of carbonyl (C=O) groups excluding carboxylic acids is 2. The van der Waals surface area contributed by atoms with E-state index < -0.39 is 6.10 Å². The Kier molecular flexibility index (Phi) is 74.7. The van der Waals surface area contributed by atoms with Crippen LogP contribution >= 0.6 is 0 Å². The first kappa shape index (κ1) is 83.6. The lowest BCUT2D eigenvalue weighted by atomic mass is 10.0. The fourth-order valence-electron chi connectivity index (χ4n) is 12.1. The molecule has 0 amide bonds. The predicted octanol–water partition coefficient (Wildman–Crippen LogP) is 27.2. The Morgan fingerprint density at radius 3 is 0.756 bits per heavy atom. The third-order valence-electron chi connectivity index (χ3n) is 17.8. The van der Waals surface area contributed by atoms with Gasteiger partial charge in [-0.05, 0) is 57.8 Å². The summed E-state index contributed by atoms with van der Waals surface area (Å²) in [5.74, 6) is -0.570.